The highest BCUT2D eigenvalue weighted by Crippen LogP contribution is 2.21. The molecular weight excluding hydrogens is 280 g/mol. The maximum Gasteiger partial charge on any atom is 0.203 e. The molecule has 0 unspecified atom stereocenters. The number of anilines is 1. The number of hydrazone groups is 1. The van der Waals surface area contributed by atoms with Gasteiger partial charge < -0.3 is 0 Å². The maximum atomic E-state index is 13.5. The van der Waals surface area contributed by atoms with Crippen LogP contribution in [0.3, 0.4) is 0 Å². The van der Waals surface area contributed by atoms with Crippen LogP contribution in [0.2, 0.25) is 5.02 Å². The van der Waals surface area contributed by atoms with Gasteiger partial charge in [0.15, 0.2) is 5.82 Å². The molecule has 0 aliphatic carbocycles. The third kappa shape index (κ3) is 2.83. The summed E-state index contributed by atoms with van der Waals surface area (Å²) in [5, 5.41) is 5.72. The fraction of sp³-hybridized carbons (Fsp3) is 0.0909. The lowest BCUT2D eigenvalue weighted by atomic mass is 10.2. The second-order valence-electron chi connectivity index (χ2n) is 3.43. The van der Waals surface area contributed by atoms with E-state index in [0.717, 1.165) is 11.8 Å². The van der Waals surface area contributed by atoms with Crippen molar-refractivity contribution in [2.75, 3.05) is 5.43 Å². The van der Waals surface area contributed by atoms with Crippen molar-refractivity contribution in [3.8, 4) is 0 Å². The molecule has 2 aromatic rings. The Bertz CT molecular complexity index is 598. The number of aryl methyl sites for hydroxylation is 1. The summed E-state index contributed by atoms with van der Waals surface area (Å²) in [5.74, 6) is -1.63. The van der Waals surface area contributed by atoms with Crippen LogP contribution in [0.25, 0.3) is 0 Å². The molecule has 18 heavy (non-hydrogen) atoms. The summed E-state index contributed by atoms with van der Waals surface area (Å²) in [6, 6.07) is 2.34. The number of halogens is 3. The summed E-state index contributed by atoms with van der Waals surface area (Å²) in [6.45, 7) is 1.85. The fourth-order valence-corrected chi connectivity index (χ4v) is 2.01. The molecule has 1 aromatic heterocycles. The van der Waals surface area contributed by atoms with Gasteiger partial charge in [-0.2, -0.15) is 5.10 Å². The molecule has 0 aliphatic heterocycles. The van der Waals surface area contributed by atoms with Gasteiger partial charge in [0.05, 0.1) is 11.9 Å². The molecule has 0 radical (unpaired) electrons. The van der Waals surface area contributed by atoms with E-state index in [1.54, 1.807) is 0 Å². The molecule has 2 rings (SSSR count). The number of thiazole rings is 1. The van der Waals surface area contributed by atoms with Crippen LogP contribution in [0, 0.1) is 18.6 Å². The minimum atomic E-state index is -0.836. The van der Waals surface area contributed by atoms with Crippen molar-refractivity contribution in [3.05, 3.63) is 45.4 Å². The van der Waals surface area contributed by atoms with Crippen LogP contribution in [0.4, 0.5) is 13.9 Å². The second kappa shape index (κ2) is 5.41. The zero-order chi connectivity index (χ0) is 13.1. The highest BCUT2D eigenvalue weighted by molar-refractivity contribution is 7.13. The molecule has 0 spiro atoms. The van der Waals surface area contributed by atoms with E-state index >= 15 is 0 Å². The highest BCUT2D eigenvalue weighted by Gasteiger charge is 2.09. The summed E-state index contributed by atoms with van der Waals surface area (Å²) < 4.78 is 26.4. The van der Waals surface area contributed by atoms with E-state index in [0.29, 0.717) is 5.13 Å². The van der Waals surface area contributed by atoms with Crippen LogP contribution in [-0.2, 0) is 0 Å². The van der Waals surface area contributed by atoms with Crippen molar-refractivity contribution in [1.29, 1.82) is 0 Å². The third-order valence-corrected chi connectivity index (χ3v) is 3.26. The lowest BCUT2D eigenvalue weighted by Crippen LogP contribution is -1.95. The Morgan fingerprint density at radius 2 is 2.22 bits per heavy atom. The van der Waals surface area contributed by atoms with Crippen molar-refractivity contribution >= 4 is 34.3 Å². The molecule has 0 aliphatic rings. The first-order valence-corrected chi connectivity index (χ1v) is 6.18. The number of hydrogen-bond donors (Lipinski definition) is 1. The molecule has 0 atom stereocenters. The second-order valence-corrected chi connectivity index (χ2v) is 4.66. The van der Waals surface area contributed by atoms with Gasteiger partial charge in [-0.15, -0.1) is 11.3 Å². The van der Waals surface area contributed by atoms with Crippen molar-refractivity contribution in [2.24, 2.45) is 5.10 Å². The average molecular weight is 288 g/mol. The summed E-state index contributed by atoms with van der Waals surface area (Å²) in [7, 11) is 0. The standard InChI is InChI=1S/C11H8ClF2N3S/c1-6-5-18-11(16-6)17-15-4-7-2-3-8(13)9(12)10(7)14/h2-5H,1H3,(H,16,17). The van der Waals surface area contributed by atoms with E-state index < -0.39 is 16.7 Å². The van der Waals surface area contributed by atoms with Crippen molar-refractivity contribution < 1.29 is 8.78 Å². The lowest BCUT2D eigenvalue weighted by Gasteiger charge is -2.00. The minimum Gasteiger partial charge on any atom is -0.253 e. The monoisotopic (exact) mass is 287 g/mol. The van der Waals surface area contributed by atoms with Gasteiger partial charge in [-0.3, -0.25) is 5.43 Å². The predicted molar refractivity (Wildman–Crippen MR) is 69.4 cm³/mol. The predicted octanol–water partition coefficient (Wildman–Crippen LogP) is 3.83. The van der Waals surface area contributed by atoms with E-state index in [4.69, 9.17) is 11.6 Å². The Kier molecular flexibility index (Phi) is 3.88. The van der Waals surface area contributed by atoms with E-state index in [1.165, 1.54) is 23.6 Å². The molecule has 1 heterocycles. The molecule has 0 bridgehead atoms. The first-order chi connectivity index (χ1) is 8.58. The SMILES string of the molecule is Cc1csc(NN=Cc2ccc(F)c(Cl)c2F)n1. The van der Waals surface area contributed by atoms with Gasteiger partial charge in [0, 0.05) is 10.9 Å². The highest BCUT2D eigenvalue weighted by atomic mass is 35.5. The molecule has 0 saturated heterocycles. The van der Waals surface area contributed by atoms with Crippen LogP contribution in [0.15, 0.2) is 22.6 Å². The average Bonchev–Trinajstić information content (AvgIpc) is 2.75. The Labute approximate surface area is 111 Å². The zero-order valence-corrected chi connectivity index (χ0v) is 10.8. The maximum absolute atomic E-state index is 13.5. The normalized spacial score (nSPS) is 11.1. The first-order valence-electron chi connectivity index (χ1n) is 4.92. The topological polar surface area (TPSA) is 37.3 Å². The number of hydrogen-bond acceptors (Lipinski definition) is 4. The number of nitrogens with one attached hydrogen (secondary N) is 1. The number of rotatable bonds is 3. The Hall–Kier alpha value is -1.53. The molecular formula is C11H8ClF2N3S. The van der Waals surface area contributed by atoms with Crippen LogP contribution in [-0.4, -0.2) is 11.2 Å². The quantitative estimate of drug-likeness (QED) is 0.529. The molecule has 0 saturated carbocycles. The van der Waals surface area contributed by atoms with E-state index in [9.17, 15) is 8.78 Å². The van der Waals surface area contributed by atoms with Crippen molar-refractivity contribution in [2.45, 2.75) is 6.92 Å². The smallest absolute Gasteiger partial charge is 0.203 e. The lowest BCUT2D eigenvalue weighted by molar-refractivity contribution is 0.583. The van der Waals surface area contributed by atoms with Crippen LogP contribution >= 0.6 is 22.9 Å². The van der Waals surface area contributed by atoms with Crippen LogP contribution in [0.1, 0.15) is 11.3 Å². The number of benzene rings is 1. The van der Waals surface area contributed by atoms with Crippen LogP contribution in [0.5, 0.6) is 0 Å². The van der Waals surface area contributed by atoms with Crippen LogP contribution < -0.4 is 5.43 Å². The number of nitrogens with zero attached hydrogens (tertiary/aromatic N) is 2. The van der Waals surface area contributed by atoms with Gasteiger partial charge in [-0.1, -0.05) is 11.6 Å². The van der Waals surface area contributed by atoms with Gasteiger partial charge in [-0.05, 0) is 19.1 Å². The summed E-state index contributed by atoms with van der Waals surface area (Å²) in [4.78, 5) is 4.11. The van der Waals surface area contributed by atoms with Gasteiger partial charge >= 0.3 is 0 Å². The summed E-state index contributed by atoms with van der Waals surface area (Å²) >= 11 is 6.82. The Morgan fingerprint density at radius 3 is 2.89 bits per heavy atom. The van der Waals surface area contributed by atoms with Gasteiger partial charge in [0.25, 0.3) is 0 Å². The molecule has 3 nitrogen and oxygen atoms in total. The first kappa shape index (κ1) is 12.9. The minimum absolute atomic E-state index is 0.0992. The fourth-order valence-electron chi connectivity index (χ4n) is 1.20. The Balaban J connectivity index is 2.12. The van der Waals surface area contributed by atoms with E-state index in [1.807, 2.05) is 12.3 Å². The third-order valence-electron chi connectivity index (χ3n) is 2.05. The largest absolute Gasteiger partial charge is 0.253 e. The van der Waals surface area contributed by atoms with Crippen molar-refractivity contribution in [1.82, 2.24) is 4.98 Å². The zero-order valence-electron chi connectivity index (χ0n) is 9.25. The molecule has 1 N–H and O–H groups in total. The molecule has 0 amide bonds. The molecule has 7 heteroatoms. The van der Waals surface area contributed by atoms with Crippen molar-refractivity contribution in [3.63, 3.8) is 0 Å². The summed E-state index contributed by atoms with van der Waals surface area (Å²) in [5.41, 5.74) is 3.62. The van der Waals surface area contributed by atoms with Gasteiger partial charge in [0.1, 0.15) is 10.8 Å². The van der Waals surface area contributed by atoms with E-state index in [2.05, 4.69) is 15.5 Å². The number of aromatic nitrogens is 1. The van der Waals surface area contributed by atoms with Gasteiger partial charge in [-0.25, -0.2) is 13.8 Å². The summed E-state index contributed by atoms with van der Waals surface area (Å²) in [6.07, 6.45) is 1.22. The van der Waals surface area contributed by atoms with E-state index in [-0.39, 0.29) is 5.56 Å². The Morgan fingerprint density at radius 1 is 1.44 bits per heavy atom. The molecule has 0 fully saturated rings. The van der Waals surface area contributed by atoms with Gasteiger partial charge in [0.2, 0.25) is 5.13 Å². The molecule has 94 valence electrons. The molecule has 1 aromatic carbocycles.